The first-order chi connectivity index (χ1) is 16.2. The maximum atomic E-state index is 12.3. The summed E-state index contributed by atoms with van der Waals surface area (Å²) in [6, 6.07) is 0. The maximum absolute atomic E-state index is 12.3. The number of Topliss-reactive ketones (excluding diaryl/α,β-unsaturated/α-hetero) is 1. The van der Waals surface area contributed by atoms with Gasteiger partial charge in [-0.15, -0.1) is 0 Å². The van der Waals surface area contributed by atoms with Gasteiger partial charge in [0.2, 0.25) is 0 Å². The Morgan fingerprint density at radius 2 is 1.88 bits per heavy atom. The first-order valence-electron chi connectivity index (χ1n) is 13.0. The summed E-state index contributed by atoms with van der Waals surface area (Å²) in [5.74, 6) is 6.54. The standard InChI is InChI=1S/C29H36O5/c1-27-13-9-21(30)17-20(27)7-8-22-23(27)10-14-28(2)24(22)11-15-29(28,33)16-12-26(32)34-18-19-5-3-4-6-25(19)31/h5,17,22-24,33H,3-4,6-11,13-15,18H2,1-2H3/t22?,23?,24?,27-,28-,29+/m0/s1. The number of hydrogen-bond donors (Lipinski definition) is 1. The second-order valence-electron chi connectivity index (χ2n) is 11.7. The monoisotopic (exact) mass is 464 g/mol. The normalized spacial score (nSPS) is 41.2. The van der Waals surface area contributed by atoms with Gasteiger partial charge in [-0.25, -0.2) is 4.79 Å². The topological polar surface area (TPSA) is 80.7 Å². The van der Waals surface area contributed by atoms with E-state index < -0.39 is 11.6 Å². The van der Waals surface area contributed by atoms with Crippen LogP contribution in [0.5, 0.6) is 0 Å². The van der Waals surface area contributed by atoms with Crippen molar-refractivity contribution in [3.63, 3.8) is 0 Å². The molecule has 0 aromatic carbocycles. The van der Waals surface area contributed by atoms with Crippen molar-refractivity contribution in [2.45, 2.75) is 90.1 Å². The number of rotatable bonds is 2. The number of allylic oxidation sites excluding steroid dienone is 2. The third-order valence-electron chi connectivity index (χ3n) is 10.2. The van der Waals surface area contributed by atoms with Crippen LogP contribution in [0.25, 0.3) is 0 Å². The zero-order chi connectivity index (χ0) is 24.1. The quantitative estimate of drug-likeness (QED) is 0.370. The number of fused-ring (bicyclic) bond motifs is 5. The molecule has 0 aliphatic heterocycles. The summed E-state index contributed by atoms with van der Waals surface area (Å²) in [5.41, 5.74) is 0.428. The third kappa shape index (κ3) is 3.70. The minimum Gasteiger partial charge on any atom is -0.451 e. The van der Waals surface area contributed by atoms with Gasteiger partial charge in [0.15, 0.2) is 11.6 Å². The predicted molar refractivity (Wildman–Crippen MR) is 127 cm³/mol. The van der Waals surface area contributed by atoms with Gasteiger partial charge in [0.1, 0.15) is 12.2 Å². The van der Waals surface area contributed by atoms with Crippen molar-refractivity contribution >= 4 is 17.5 Å². The molecule has 34 heavy (non-hydrogen) atoms. The fourth-order valence-corrected chi connectivity index (χ4v) is 8.07. The highest BCUT2D eigenvalue weighted by Crippen LogP contribution is 2.67. The number of ketones is 2. The van der Waals surface area contributed by atoms with Crippen molar-refractivity contribution in [2.24, 2.45) is 28.6 Å². The molecule has 0 aromatic heterocycles. The van der Waals surface area contributed by atoms with E-state index in [1.165, 1.54) is 5.57 Å². The number of carbonyl (C=O) groups is 3. The average molecular weight is 465 g/mol. The van der Waals surface area contributed by atoms with Gasteiger partial charge in [-0.05, 0) is 87.0 Å². The zero-order valence-electron chi connectivity index (χ0n) is 20.5. The Balaban J connectivity index is 1.30. The van der Waals surface area contributed by atoms with Crippen molar-refractivity contribution in [3.05, 3.63) is 23.3 Å². The van der Waals surface area contributed by atoms with Crippen molar-refractivity contribution in [2.75, 3.05) is 6.61 Å². The van der Waals surface area contributed by atoms with Gasteiger partial charge < -0.3 is 9.84 Å². The zero-order valence-corrected chi connectivity index (χ0v) is 20.5. The molecule has 5 aliphatic carbocycles. The smallest absolute Gasteiger partial charge is 0.384 e. The van der Waals surface area contributed by atoms with Crippen molar-refractivity contribution < 1.29 is 24.2 Å². The van der Waals surface area contributed by atoms with E-state index in [9.17, 15) is 19.5 Å². The van der Waals surface area contributed by atoms with Crippen molar-refractivity contribution in [1.82, 2.24) is 0 Å². The molecule has 3 fully saturated rings. The van der Waals surface area contributed by atoms with Crippen molar-refractivity contribution in [1.29, 1.82) is 0 Å². The lowest BCUT2D eigenvalue weighted by molar-refractivity contribution is -0.136. The highest BCUT2D eigenvalue weighted by molar-refractivity contribution is 5.97. The summed E-state index contributed by atoms with van der Waals surface area (Å²) >= 11 is 0. The lowest BCUT2D eigenvalue weighted by atomic mass is 9.46. The van der Waals surface area contributed by atoms with E-state index in [1.54, 1.807) is 0 Å². The van der Waals surface area contributed by atoms with Crippen LogP contribution >= 0.6 is 0 Å². The number of ether oxygens (including phenoxy) is 1. The fourth-order valence-electron chi connectivity index (χ4n) is 8.07. The Morgan fingerprint density at radius 3 is 2.68 bits per heavy atom. The summed E-state index contributed by atoms with van der Waals surface area (Å²) in [4.78, 5) is 36.3. The van der Waals surface area contributed by atoms with Crippen LogP contribution in [0.4, 0.5) is 0 Å². The van der Waals surface area contributed by atoms with Gasteiger partial charge in [0.25, 0.3) is 0 Å². The molecular weight excluding hydrogens is 428 g/mol. The van der Waals surface area contributed by atoms with Crippen LogP contribution in [0, 0.1) is 40.4 Å². The minimum atomic E-state index is -1.21. The van der Waals surface area contributed by atoms with E-state index in [2.05, 4.69) is 25.7 Å². The van der Waals surface area contributed by atoms with Gasteiger partial charge in [0.05, 0.1) is 0 Å². The predicted octanol–water partition coefficient (Wildman–Crippen LogP) is 4.48. The molecule has 0 saturated heterocycles. The van der Waals surface area contributed by atoms with E-state index in [0.29, 0.717) is 42.6 Å². The van der Waals surface area contributed by atoms with E-state index in [0.717, 1.165) is 51.4 Å². The Kier molecular flexibility index (Phi) is 5.88. The SMILES string of the molecule is C[C@]12CCC(=O)C=C1CCC1C2CC[C@@]2(C)C1CC[C@@]2(O)C#CC(=O)OCC1=CCCCC1=O. The van der Waals surface area contributed by atoms with Gasteiger partial charge in [0, 0.05) is 29.8 Å². The summed E-state index contributed by atoms with van der Waals surface area (Å²) in [5, 5.41) is 11.7. The lowest BCUT2D eigenvalue weighted by Gasteiger charge is -2.58. The molecule has 5 rings (SSSR count). The molecule has 0 spiro atoms. The molecule has 6 atom stereocenters. The molecule has 3 saturated carbocycles. The Bertz CT molecular complexity index is 1040. The van der Waals surface area contributed by atoms with Crippen LogP contribution in [0.2, 0.25) is 0 Å². The summed E-state index contributed by atoms with van der Waals surface area (Å²) in [6.07, 6.45) is 12.9. The van der Waals surface area contributed by atoms with Gasteiger partial charge in [-0.1, -0.05) is 31.4 Å². The van der Waals surface area contributed by atoms with E-state index in [1.807, 2.05) is 12.2 Å². The largest absolute Gasteiger partial charge is 0.451 e. The molecule has 1 N–H and O–H groups in total. The van der Waals surface area contributed by atoms with Crippen LogP contribution in [0.3, 0.4) is 0 Å². The van der Waals surface area contributed by atoms with Crippen LogP contribution in [-0.2, 0) is 19.1 Å². The van der Waals surface area contributed by atoms with Crippen LogP contribution < -0.4 is 0 Å². The van der Waals surface area contributed by atoms with Crippen LogP contribution in [-0.4, -0.2) is 34.9 Å². The molecule has 5 heteroatoms. The molecule has 5 nitrogen and oxygen atoms in total. The molecule has 0 amide bonds. The molecule has 3 unspecified atom stereocenters. The maximum Gasteiger partial charge on any atom is 0.384 e. The second kappa shape index (κ2) is 8.48. The molecule has 5 aliphatic rings. The Hall–Kier alpha value is -2.19. The fraction of sp³-hybridized carbons (Fsp3) is 0.690. The van der Waals surface area contributed by atoms with Crippen LogP contribution in [0.15, 0.2) is 23.3 Å². The molecule has 0 aromatic rings. The summed E-state index contributed by atoms with van der Waals surface area (Å²) in [6.45, 7) is 4.48. The Labute approximate surface area is 202 Å². The second-order valence-corrected chi connectivity index (χ2v) is 11.7. The molecule has 182 valence electrons. The lowest BCUT2D eigenvalue weighted by Crippen LogP contribution is -2.54. The molecule has 0 radical (unpaired) electrons. The summed E-state index contributed by atoms with van der Waals surface area (Å²) in [7, 11) is 0. The van der Waals surface area contributed by atoms with E-state index in [4.69, 9.17) is 4.74 Å². The number of esters is 1. The highest BCUT2D eigenvalue weighted by Gasteiger charge is 2.63. The molecule has 0 heterocycles. The molecule has 0 bridgehead atoms. The van der Waals surface area contributed by atoms with Gasteiger partial charge in [-0.3, -0.25) is 9.59 Å². The van der Waals surface area contributed by atoms with Crippen LogP contribution in [0.1, 0.15) is 84.5 Å². The first kappa shape index (κ1) is 23.5. The summed E-state index contributed by atoms with van der Waals surface area (Å²) < 4.78 is 5.25. The van der Waals surface area contributed by atoms with E-state index in [-0.39, 0.29) is 29.0 Å². The third-order valence-corrected chi connectivity index (χ3v) is 10.2. The van der Waals surface area contributed by atoms with E-state index >= 15 is 0 Å². The molecular formula is C29H36O5. The Morgan fingerprint density at radius 1 is 1.09 bits per heavy atom. The first-order valence-corrected chi connectivity index (χ1v) is 13.0. The number of carbonyl (C=O) groups excluding carboxylic acids is 3. The van der Waals surface area contributed by atoms with Gasteiger partial charge >= 0.3 is 5.97 Å². The highest BCUT2D eigenvalue weighted by atomic mass is 16.5. The number of aliphatic hydroxyl groups is 1. The van der Waals surface area contributed by atoms with Gasteiger partial charge in [-0.2, -0.15) is 0 Å². The minimum absolute atomic E-state index is 0.0364. The average Bonchev–Trinajstić information content (AvgIpc) is 3.08. The van der Waals surface area contributed by atoms with Crippen molar-refractivity contribution in [3.8, 4) is 11.8 Å². The number of hydrogen-bond acceptors (Lipinski definition) is 5.